The normalized spacial score (nSPS) is 12.3. The first-order chi connectivity index (χ1) is 7.79. The summed E-state index contributed by atoms with van der Waals surface area (Å²) in [5, 5.41) is 6.44. The Bertz CT molecular complexity index is 340. The van der Waals surface area contributed by atoms with Crippen LogP contribution in [-0.2, 0) is 0 Å². The topological polar surface area (TPSA) is 12.0 Å². The summed E-state index contributed by atoms with van der Waals surface area (Å²) >= 11 is 7.88. The van der Waals surface area contributed by atoms with Gasteiger partial charge in [0.15, 0.2) is 0 Å². The van der Waals surface area contributed by atoms with Gasteiger partial charge >= 0.3 is 0 Å². The van der Waals surface area contributed by atoms with Crippen LogP contribution in [0.1, 0.15) is 43.5 Å². The molecule has 1 N–H and O–H groups in total. The molecule has 0 bridgehead atoms. The number of hydrogen-bond donors (Lipinski definition) is 1. The lowest BCUT2D eigenvalue weighted by Crippen LogP contribution is -2.21. The minimum Gasteiger partial charge on any atom is -0.309 e. The summed E-state index contributed by atoms with van der Waals surface area (Å²) in [5.74, 6) is 2.68. The predicted octanol–water partition coefficient (Wildman–Crippen LogP) is 4.25. The molecule has 1 atom stereocenters. The summed E-state index contributed by atoms with van der Waals surface area (Å²) in [4.78, 5) is 1.24. The SMILES string of the molecule is C#CCCCC(NCCC)c1sccc1Cl. The van der Waals surface area contributed by atoms with Gasteiger partial charge in [-0.15, -0.1) is 23.7 Å². The van der Waals surface area contributed by atoms with Crippen molar-refractivity contribution in [1.82, 2.24) is 5.32 Å². The van der Waals surface area contributed by atoms with Gasteiger partial charge in [-0.25, -0.2) is 0 Å². The van der Waals surface area contributed by atoms with Gasteiger partial charge in [-0.3, -0.25) is 0 Å². The number of hydrogen-bond acceptors (Lipinski definition) is 2. The lowest BCUT2D eigenvalue weighted by molar-refractivity contribution is 0.494. The third-order valence-corrected chi connectivity index (χ3v) is 3.89. The Morgan fingerprint density at radius 3 is 3.00 bits per heavy atom. The average Bonchev–Trinajstić information content (AvgIpc) is 2.70. The van der Waals surface area contributed by atoms with Crippen LogP contribution < -0.4 is 5.32 Å². The molecular weight excluding hydrogens is 238 g/mol. The standard InChI is InChI=1S/C13H18ClNS/c1-3-5-6-7-12(15-9-4-2)13-11(14)8-10-16-13/h1,8,10,12,15H,4-7,9H2,2H3. The van der Waals surface area contributed by atoms with Crippen LogP contribution in [-0.4, -0.2) is 6.54 Å². The van der Waals surface area contributed by atoms with Gasteiger partial charge in [0.2, 0.25) is 0 Å². The summed E-state index contributed by atoms with van der Waals surface area (Å²) in [5.41, 5.74) is 0. The minimum absolute atomic E-state index is 0.362. The maximum Gasteiger partial charge on any atom is 0.0561 e. The summed E-state index contributed by atoms with van der Waals surface area (Å²) in [6, 6.07) is 2.32. The van der Waals surface area contributed by atoms with Gasteiger partial charge in [0.05, 0.1) is 5.02 Å². The van der Waals surface area contributed by atoms with Crippen molar-refractivity contribution >= 4 is 22.9 Å². The zero-order chi connectivity index (χ0) is 11.8. The molecule has 0 radical (unpaired) electrons. The van der Waals surface area contributed by atoms with E-state index in [0.717, 1.165) is 37.3 Å². The van der Waals surface area contributed by atoms with Crippen molar-refractivity contribution < 1.29 is 0 Å². The largest absolute Gasteiger partial charge is 0.309 e. The Labute approximate surface area is 107 Å². The van der Waals surface area contributed by atoms with Crippen molar-refractivity contribution in [1.29, 1.82) is 0 Å². The minimum atomic E-state index is 0.362. The van der Waals surface area contributed by atoms with Crippen LogP contribution in [0.4, 0.5) is 0 Å². The fraction of sp³-hybridized carbons (Fsp3) is 0.538. The molecule has 0 spiro atoms. The number of thiophene rings is 1. The Balaban J connectivity index is 2.57. The van der Waals surface area contributed by atoms with Gasteiger partial charge in [-0.1, -0.05) is 18.5 Å². The van der Waals surface area contributed by atoms with E-state index in [1.165, 1.54) is 4.88 Å². The van der Waals surface area contributed by atoms with Crippen molar-refractivity contribution in [3.63, 3.8) is 0 Å². The monoisotopic (exact) mass is 255 g/mol. The molecule has 0 aliphatic rings. The fourth-order valence-electron chi connectivity index (χ4n) is 1.61. The second-order valence-electron chi connectivity index (χ2n) is 3.74. The van der Waals surface area contributed by atoms with E-state index in [2.05, 4.69) is 18.2 Å². The highest BCUT2D eigenvalue weighted by molar-refractivity contribution is 7.10. The van der Waals surface area contributed by atoms with Crippen LogP contribution in [0.5, 0.6) is 0 Å². The van der Waals surface area contributed by atoms with E-state index in [1.807, 2.05) is 11.4 Å². The van der Waals surface area contributed by atoms with E-state index in [-0.39, 0.29) is 0 Å². The molecule has 0 amide bonds. The molecule has 1 unspecified atom stereocenters. The second-order valence-corrected chi connectivity index (χ2v) is 5.09. The Morgan fingerprint density at radius 1 is 1.62 bits per heavy atom. The Hall–Kier alpha value is -0.490. The number of halogens is 1. The molecule has 1 rings (SSSR count). The van der Waals surface area contributed by atoms with Crippen LogP contribution in [0.2, 0.25) is 5.02 Å². The van der Waals surface area contributed by atoms with Crippen LogP contribution in [0.25, 0.3) is 0 Å². The van der Waals surface area contributed by atoms with Gasteiger partial charge in [0.25, 0.3) is 0 Å². The zero-order valence-corrected chi connectivity index (χ0v) is 11.2. The van der Waals surface area contributed by atoms with Crippen molar-refractivity contribution in [2.45, 2.75) is 38.6 Å². The Morgan fingerprint density at radius 2 is 2.44 bits per heavy atom. The fourth-order valence-corrected chi connectivity index (χ4v) is 2.91. The molecule has 0 aliphatic heterocycles. The van der Waals surface area contributed by atoms with Gasteiger partial charge in [0.1, 0.15) is 0 Å². The molecule has 0 saturated carbocycles. The van der Waals surface area contributed by atoms with E-state index >= 15 is 0 Å². The highest BCUT2D eigenvalue weighted by atomic mass is 35.5. The Kier molecular flexibility index (Phi) is 6.56. The van der Waals surface area contributed by atoms with Gasteiger partial charge in [-0.2, -0.15) is 0 Å². The van der Waals surface area contributed by atoms with Crippen molar-refractivity contribution in [2.24, 2.45) is 0 Å². The summed E-state index contributed by atoms with van der Waals surface area (Å²) in [6.07, 6.45) is 9.35. The number of rotatable bonds is 7. The molecule has 1 nitrogen and oxygen atoms in total. The van der Waals surface area contributed by atoms with Crippen LogP contribution in [0.3, 0.4) is 0 Å². The van der Waals surface area contributed by atoms with E-state index in [0.29, 0.717) is 6.04 Å². The van der Waals surface area contributed by atoms with Crippen LogP contribution in [0.15, 0.2) is 11.4 Å². The summed E-state index contributed by atoms with van der Waals surface area (Å²) in [7, 11) is 0. The number of unbranched alkanes of at least 4 members (excludes halogenated alkanes) is 1. The van der Waals surface area contributed by atoms with E-state index in [1.54, 1.807) is 11.3 Å². The summed E-state index contributed by atoms with van der Waals surface area (Å²) < 4.78 is 0. The molecule has 1 heterocycles. The molecule has 16 heavy (non-hydrogen) atoms. The smallest absolute Gasteiger partial charge is 0.0561 e. The maximum atomic E-state index is 6.16. The first-order valence-corrected chi connectivity index (χ1v) is 6.95. The van der Waals surface area contributed by atoms with Gasteiger partial charge in [-0.05, 0) is 37.3 Å². The third-order valence-electron chi connectivity index (χ3n) is 2.42. The highest BCUT2D eigenvalue weighted by Gasteiger charge is 2.14. The molecule has 0 aliphatic carbocycles. The number of nitrogens with one attached hydrogen (secondary N) is 1. The first kappa shape index (κ1) is 13.6. The lowest BCUT2D eigenvalue weighted by atomic mass is 10.1. The number of terminal acetylenes is 1. The quantitative estimate of drug-likeness (QED) is 0.568. The zero-order valence-electron chi connectivity index (χ0n) is 9.63. The second kappa shape index (κ2) is 7.73. The van der Waals surface area contributed by atoms with E-state index in [4.69, 9.17) is 18.0 Å². The average molecular weight is 256 g/mol. The summed E-state index contributed by atoms with van der Waals surface area (Å²) in [6.45, 7) is 3.19. The maximum absolute atomic E-state index is 6.16. The first-order valence-electron chi connectivity index (χ1n) is 5.69. The van der Waals surface area contributed by atoms with Crippen molar-refractivity contribution in [3.8, 4) is 12.3 Å². The molecule has 0 fully saturated rings. The molecule has 0 saturated heterocycles. The molecule has 1 aromatic rings. The highest BCUT2D eigenvalue weighted by Crippen LogP contribution is 2.31. The molecule has 0 aromatic carbocycles. The molecule has 1 aromatic heterocycles. The molecule has 3 heteroatoms. The van der Waals surface area contributed by atoms with E-state index in [9.17, 15) is 0 Å². The predicted molar refractivity (Wildman–Crippen MR) is 73.0 cm³/mol. The molecule has 88 valence electrons. The van der Waals surface area contributed by atoms with Crippen molar-refractivity contribution in [3.05, 3.63) is 21.3 Å². The van der Waals surface area contributed by atoms with E-state index < -0.39 is 0 Å². The van der Waals surface area contributed by atoms with Crippen molar-refractivity contribution in [2.75, 3.05) is 6.54 Å². The lowest BCUT2D eigenvalue weighted by Gasteiger charge is -2.17. The molecular formula is C13H18ClNS. The van der Waals surface area contributed by atoms with Crippen LogP contribution in [0, 0.1) is 12.3 Å². The third kappa shape index (κ3) is 4.17. The van der Waals surface area contributed by atoms with Gasteiger partial charge < -0.3 is 5.32 Å². The van der Waals surface area contributed by atoms with Gasteiger partial charge in [0, 0.05) is 17.3 Å². The van der Waals surface area contributed by atoms with Crippen LogP contribution >= 0.6 is 22.9 Å².